The first-order valence-electron chi connectivity index (χ1n) is 7.35. The van der Waals surface area contributed by atoms with E-state index in [-0.39, 0.29) is 13.2 Å². The lowest BCUT2D eigenvalue weighted by atomic mass is 10.1. The zero-order chi connectivity index (χ0) is 15.5. The Morgan fingerprint density at radius 1 is 1.24 bits per heavy atom. The molecule has 0 heterocycles. The van der Waals surface area contributed by atoms with Crippen LogP contribution >= 0.6 is 0 Å². The second-order valence-electron chi connectivity index (χ2n) is 4.75. The van der Waals surface area contributed by atoms with Gasteiger partial charge in [-0.1, -0.05) is 18.8 Å². The molecule has 0 aliphatic rings. The number of benzene rings is 1. The van der Waals surface area contributed by atoms with E-state index in [1.165, 1.54) is 0 Å². The Kier molecular flexibility index (Phi) is 8.53. The van der Waals surface area contributed by atoms with Crippen molar-refractivity contribution < 1.29 is 14.9 Å². The zero-order valence-electron chi connectivity index (χ0n) is 12.9. The molecule has 4 heteroatoms. The Hall–Kier alpha value is -1.54. The van der Waals surface area contributed by atoms with Gasteiger partial charge in [-0.2, -0.15) is 0 Å². The number of methoxy groups -OCH3 is 1. The summed E-state index contributed by atoms with van der Waals surface area (Å²) in [5.74, 6) is 6.83. The van der Waals surface area contributed by atoms with Crippen LogP contribution in [0.1, 0.15) is 30.9 Å². The fraction of sp³-hybridized carbons (Fsp3) is 0.529. The number of nitrogens with zero attached hydrogens (tertiary/aromatic N) is 1. The predicted molar refractivity (Wildman–Crippen MR) is 84.2 cm³/mol. The summed E-state index contributed by atoms with van der Waals surface area (Å²) in [7, 11) is 1.67. The van der Waals surface area contributed by atoms with Gasteiger partial charge in [0.15, 0.2) is 0 Å². The molecule has 4 nitrogen and oxygen atoms in total. The highest BCUT2D eigenvalue weighted by Crippen LogP contribution is 2.21. The van der Waals surface area contributed by atoms with Crippen LogP contribution in [0.2, 0.25) is 0 Å². The monoisotopic (exact) mass is 291 g/mol. The molecule has 2 N–H and O–H groups in total. The van der Waals surface area contributed by atoms with Crippen molar-refractivity contribution in [3.8, 4) is 17.6 Å². The topological polar surface area (TPSA) is 52.9 Å². The molecule has 0 amide bonds. The maximum Gasteiger partial charge on any atom is 0.123 e. The number of rotatable bonds is 8. The molecule has 0 bridgehead atoms. The average Bonchev–Trinajstić information content (AvgIpc) is 2.52. The van der Waals surface area contributed by atoms with Gasteiger partial charge >= 0.3 is 0 Å². The Morgan fingerprint density at radius 2 is 2.05 bits per heavy atom. The Morgan fingerprint density at radius 3 is 2.67 bits per heavy atom. The van der Waals surface area contributed by atoms with Gasteiger partial charge in [-0.25, -0.2) is 0 Å². The summed E-state index contributed by atoms with van der Waals surface area (Å²) < 4.78 is 5.41. The lowest BCUT2D eigenvalue weighted by molar-refractivity contribution is 0.223. The zero-order valence-corrected chi connectivity index (χ0v) is 12.9. The smallest absolute Gasteiger partial charge is 0.123 e. The van der Waals surface area contributed by atoms with E-state index in [0.717, 1.165) is 42.9 Å². The second kappa shape index (κ2) is 10.2. The third-order valence-corrected chi connectivity index (χ3v) is 3.22. The molecular weight excluding hydrogens is 266 g/mol. The standard InChI is InChI=1S/C17H25NO3/c1-3-18(10-6-12-20)14-16-13-15(7-4-5-11-19)8-9-17(16)21-2/h8-9,13,19-20H,3,5-6,10-12,14H2,1-2H3. The fourth-order valence-corrected chi connectivity index (χ4v) is 2.08. The number of aliphatic hydroxyl groups excluding tert-OH is 2. The molecule has 0 spiro atoms. The number of ether oxygens (including phenoxy) is 1. The Labute approximate surface area is 127 Å². The molecule has 0 saturated heterocycles. The van der Waals surface area contributed by atoms with Gasteiger partial charge in [0.1, 0.15) is 5.75 Å². The first kappa shape index (κ1) is 17.5. The first-order valence-corrected chi connectivity index (χ1v) is 7.35. The third-order valence-electron chi connectivity index (χ3n) is 3.22. The molecular formula is C17H25NO3. The number of hydrogen-bond acceptors (Lipinski definition) is 4. The summed E-state index contributed by atoms with van der Waals surface area (Å²) in [4.78, 5) is 2.26. The maximum absolute atomic E-state index is 8.95. The number of hydrogen-bond donors (Lipinski definition) is 2. The Balaban J connectivity index is 2.86. The van der Waals surface area contributed by atoms with E-state index >= 15 is 0 Å². The van der Waals surface area contributed by atoms with Crippen molar-refractivity contribution in [1.82, 2.24) is 4.90 Å². The number of aliphatic hydroxyl groups is 2. The summed E-state index contributed by atoms with van der Waals surface area (Å²) in [6.07, 6.45) is 1.26. The van der Waals surface area contributed by atoms with Crippen LogP contribution in [0.25, 0.3) is 0 Å². The second-order valence-corrected chi connectivity index (χ2v) is 4.75. The van der Waals surface area contributed by atoms with Crippen LogP contribution in [-0.2, 0) is 6.54 Å². The van der Waals surface area contributed by atoms with E-state index in [0.29, 0.717) is 6.42 Å². The van der Waals surface area contributed by atoms with Gasteiger partial charge in [-0.05, 0) is 31.2 Å². The molecule has 1 aromatic rings. The summed E-state index contributed by atoms with van der Waals surface area (Å²) >= 11 is 0. The SMILES string of the molecule is CCN(CCCO)Cc1cc(C#CCCO)ccc1OC. The van der Waals surface area contributed by atoms with Crippen molar-refractivity contribution in [2.24, 2.45) is 0 Å². The fourth-order valence-electron chi connectivity index (χ4n) is 2.08. The molecule has 0 aliphatic heterocycles. The van der Waals surface area contributed by atoms with Crippen molar-refractivity contribution >= 4 is 0 Å². The van der Waals surface area contributed by atoms with Crippen molar-refractivity contribution in [3.05, 3.63) is 29.3 Å². The van der Waals surface area contributed by atoms with E-state index in [2.05, 4.69) is 23.7 Å². The van der Waals surface area contributed by atoms with Crippen LogP contribution in [0.15, 0.2) is 18.2 Å². The molecule has 1 aromatic carbocycles. The predicted octanol–water partition coefficient (Wildman–Crippen LogP) is 1.63. The summed E-state index contributed by atoms with van der Waals surface area (Å²) in [6.45, 7) is 4.95. The highest BCUT2D eigenvalue weighted by atomic mass is 16.5. The molecule has 0 atom stereocenters. The van der Waals surface area contributed by atoms with Crippen molar-refractivity contribution in [2.75, 3.05) is 33.4 Å². The molecule has 0 radical (unpaired) electrons. The van der Waals surface area contributed by atoms with E-state index in [1.54, 1.807) is 7.11 Å². The lowest BCUT2D eigenvalue weighted by Gasteiger charge is -2.21. The normalized spacial score (nSPS) is 10.3. The largest absolute Gasteiger partial charge is 0.496 e. The highest BCUT2D eigenvalue weighted by molar-refractivity contribution is 5.44. The maximum atomic E-state index is 8.95. The molecule has 21 heavy (non-hydrogen) atoms. The van der Waals surface area contributed by atoms with E-state index < -0.39 is 0 Å². The van der Waals surface area contributed by atoms with Crippen LogP contribution in [0.5, 0.6) is 5.75 Å². The van der Waals surface area contributed by atoms with Crippen LogP contribution in [0.3, 0.4) is 0 Å². The molecule has 0 aliphatic carbocycles. The van der Waals surface area contributed by atoms with Gasteiger partial charge < -0.3 is 14.9 Å². The van der Waals surface area contributed by atoms with Crippen molar-refractivity contribution in [2.45, 2.75) is 26.3 Å². The average molecular weight is 291 g/mol. The highest BCUT2D eigenvalue weighted by Gasteiger charge is 2.09. The van der Waals surface area contributed by atoms with Crippen LogP contribution in [0.4, 0.5) is 0 Å². The summed E-state index contributed by atoms with van der Waals surface area (Å²) in [6, 6.07) is 5.89. The first-order chi connectivity index (χ1) is 10.2. The summed E-state index contributed by atoms with van der Waals surface area (Å²) in [5, 5.41) is 17.7. The van der Waals surface area contributed by atoms with Gasteiger partial charge in [0.2, 0.25) is 0 Å². The van der Waals surface area contributed by atoms with Crippen molar-refractivity contribution in [1.29, 1.82) is 0 Å². The van der Waals surface area contributed by atoms with E-state index in [1.807, 2.05) is 18.2 Å². The quantitative estimate of drug-likeness (QED) is 0.715. The van der Waals surface area contributed by atoms with Crippen LogP contribution in [0, 0.1) is 11.8 Å². The lowest BCUT2D eigenvalue weighted by Crippen LogP contribution is -2.25. The Bertz CT molecular complexity index is 477. The third kappa shape index (κ3) is 6.17. The van der Waals surface area contributed by atoms with Gasteiger partial charge in [-0.15, -0.1) is 0 Å². The molecule has 0 fully saturated rings. The minimum atomic E-state index is 0.0841. The van der Waals surface area contributed by atoms with Gasteiger partial charge in [0.25, 0.3) is 0 Å². The van der Waals surface area contributed by atoms with Gasteiger partial charge in [0, 0.05) is 37.2 Å². The molecule has 0 aromatic heterocycles. The minimum absolute atomic E-state index is 0.0841. The summed E-state index contributed by atoms with van der Waals surface area (Å²) in [5.41, 5.74) is 2.02. The minimum Gasteiger partial charge on any atom is -0.496 e. The van der Waals surface area contributed by atoms with E-state index in [4.69, 9.17) is 14.9 Å². The van der Waals surface area contributed by atoms with E-state index in [9.17, 15) is 0 Å². The van der Waals surface area contributed by atoms with Gasteiger partial charge in [-0.3, -0.25) is 4.90 Å². The van der Waals surface area contributed by atoms with Crippen molar-refractivity contribution in [3.63, 3.8) is 0 Å². The van der Waals surface area contributed by atoms with Crippen LogP contribution in [-0.4, -0.2) is 48.5 Å². The van der Waals surface area contributed by atoms with Crippen LogP contribution < -0.4 is 4.74 Å². The molecule has 116 valence electrons. The molecule has 0 unspecified atom stereocenters. The molecule has 0 saturated carbocycles. The molecule has 1 rings (SSSR count). The van der Waals surface area contributed by atoms with Gasteiger partial charge in [0.05, 0.1) is 13.7 Å².